The lowest BCUT2D eigenvalue weighted by Gasteiger charge is -2.56. The van der Waals surface area contributed by atoms with Gasteiger partial charge in [0.25, 0.3) is 0 Å². The van der Waals surface area contributed by atoms with E-state index in [9.17, 15) is 19.2 Å². The van der Waals surface area contributed by atoms with E-state index in [1.54, 1.807) is 24.8 Å². The van der Waals surface area contributed by atoms with Crippen LogP contribution in [0.1, 0.15) is 143 Å². The zero-order chi connectivity index (χ0) is 42.2. The maximum Gasteiger partial charge on any atom is 0.340 e. The Kier molecular flexibility index (Phi) is 10.3. The number of hydrogen-bond acceptors (Lipinski definition) is 8. The van der Waals surface area contributed by atoms with Crippen LogP contribution in [0.25, 0.3) is 0 Å². The Labute approximate surface area is 355 Å². The van der Waals surface area contributed by atoms with E-state index in [-0.39, 0.29) is 45.8 Å². The van der Waals surface area contributed by atoms with Gasteiger partial charge in [0, 0.05) is 54.9 Å². The highest BCUT2D eigenvalue weighted by molar-refractivity contribution is 5.97. The van der Waals surface area contributed by atoms with E-state index < -0.39 is 0 Å². The lowest BCUT2D eigenvalue weighted by molar-refractivity contribution is -0.129. The minimum atomic E-state index is -0.258. The van der Waals surface area contributed by atoms with E-state index in [0.717, 1.165) is 88.2 Å². The van der Waals surface area contributed by atoms with Gasteiger partial charge in [-0.15, -0.1) is 0 Å². The first-order valence-corrected chi connectivity index (χ1v) is 22.7. The number of allylic oxidation sites excluding steroid dienone is 6. The molecule has 0 amide bonds. The Morgan fingerprint density at radius 3 is 1.83 bits per heavy atom. The molecule has 8 aliphatic rings. The van der Waals surface area contributed by atoms with E-state index in [1.807, 2.05) is 32.1 Å². The number of ketones is 2. The summed E-state index contributed by atoms with van der Waals surface area (Å²) in [5.41, 5.74) is 7.20. The number of fused-ring (bicyclic) bond motifs is 10. The van der Waals surface area contributed by atoms with Crippen LogP contribution in [0.4, 0.5) is 0 Å². The SMILES string of the molecule is Cc1ccncc1C(=O)O[C@H]1CC[C@@]2(C)C(=CC[C@@H]3[C@@H]2CC[C@]2(C)C(=O)C=C[C@@H]32)C1.Cc1ccncc1C(=O)O[C@H]1CC[C@@]2(C)C(=CC[C@H]3C4=CCC(=O)[C@@]4(C)CC[C@@H]32)C1. The number of rotatable bonds is 4. The Morgan fingerprint density at radius 2 is 1.23 bits per heavy atom. The third-order valence-corrected chi connectivity index (χ3v) is 17.6. The van der Waals surface area contributed by atoms with Gasteiger partial charge in [-0.05, 0) is 155 Å². The number of carbonyl (C=O) groups excluding carboxylic acids is 4. The number of Topliss-reactive ketones (excluding diaryl/α,β-unsaturated/α-hetero) is 1. The average Bonchev–Trinajstić information content (AvgIpc) is 3.71. The van der Waals surface area contributed by atoms with E-state index in [1.165, 1.54) is 16.7 Å². The third-order valence-electron chi connectivity index (χ3n) is 17.6. The summed E-state index contributed by atoms with van der Waals surface area (Å²) in [6, 6.07) is 3.69. The van der Waals surface area contributed by atoms with E-state index >= 15 is 0 Å². The highest BCUT2D eigenvalue weighted by Crippen LogP contribution is 2.64. The highest BCUT2D eigenvalue weighted by atomic mass is 16.5. The first-order valence-electron chi connectivity index (χ1n) is 22.7. The molecule has 4 fully saturated rings. The zero-order valence-corrected chi connectivity index (χ0v) is 36.4. The van der Waals surface area contributed by atoms with E-state index in [2.05, 4.69) is 62.0 Å². The van der Waals surface area contributed by atoms with Gasteiger partial charge in [-0.1, -0.05) is 61.8 Å². The molecule has 2 aromatic rings. The summed E-state index contributed by atoms with van der Waals surface area (Å²) in [5, 5.41) is 0. The van der Waals surface area contributed by atoms with Crippen LogP contribution in [0.5, 0.6) is 0 Å². The summed E-state index contributed by atoms with van der Waals surface area (Å²) in [6.45, 7) is 13.0. The molecular formula is C52H62N2O6. The van der Waals surface area contributed by atoms with Crippen molar-refractivity contribution in [1.29, 1.82) is 0 Å². The second-order valence-corrected chi connectivity index (χ2v) is 20.5. The number of nitrogens with zero attached hydrogens (tertiary/aromatic N) is 2. The monoisotopic (exact) mass is 810 g/mol. The number of hydrogen-bond donors (Lipinski definition) is 0. The van der Waals surface area contributed by atoms with Crippen LogP contribution in [0.3, 0.4) is 0 Å². The highest BCUT2D eigenvalue weighted by Gasteiger charge is 2.58. The molecule has 0 radical (unpaired) electrons. The van der Waals surface area contributed by atoms with Crippen molar-refractivity contribution >= 4 is 23.5 Å². The quantitative estimate of drug-likeness (QED) is 0.222. The molecule has 4 saturated carbocycles. The normalized spacial score (nSPS) is 38.5. The fourth-order valence-electron chi connectivity index (χ4n) is 13.7. The van der Waals surface area contributed by atoms with Gasteiger partial charge in [-0.25, -0.2) is 9.59 Å². The molecule has 11 atom stereocenters. The van der Waals surface area contributed by atoms with Crippen molar-refractivity contribution in [2.24, 2.45) is 51.2 Å². The molecule has 0 saturated heterocycles. The fourth-order valence-corrected chi connectivity index (χ4v) is 13.7. The predicted molar refractivity (Wildman–Crippen MR) is 230 cm³/mol. The molecule has 0 aliphatic heterocycles. The molecule has 2 heterocycles. The van der Waals surface area contributed by atoms with Crippen molar-refractivity contribution in [3.8, 4) is 0 Å². The minimum Gasteiger partial charge on any atom is -0.458 e. The van der Waals surface area contributed by atoms with Gasteiger partial charge >= 0.3 is 11.9 Å². The molecule has 0 aromatic carbocycles. The molecule has 316 valence electrons. The maximum absolute atomic E-state index is 12.7. The standard InChI is InChI=1S/2C26H31NO3/c2*1-16-10-13-27-15-20(16)24(29)30-18-8-11-25(2)17(14-18)4-5-19-21-6-7-23(28)26(21,3)12-9-22(19)25/h4,6,10,13,15,18-19,22H,5,7-9,11-12,14H2,1-3H3;4,6-7,10,13,15,18-19,21-22H,5,8-9,11-12,14H2,1-3H3/t18-,19-,22-,25-,26-;18-,19-,21-,22-,25-,26-/m00/s1. The number of aromatic nitrogens is 2. The van der Waals surface area contributed by atoms with Gasteiger partial charge in [0.1, 0.15) is 18.0 Å². The molecule has 10 rings (SSSR count). The Balaban J connectivity index is 0.000000154. The van der Waals surface area contributed by atoms with Gasteiger partial charge in [0.2, 0.25) is 0 Å². The maximum atomic E-state index is 12.7. The van der Waals surface area contributed by atoms with E-state index in [4.69, 9.17) is 9.47 Å². The van der Waals surface area contributed by atoms with Crippen LogP contribution in [0, 0.1) is 65.1 Å². The van der Waals surface area contributed by atoms with Gasteiger partial charge in [0.15, 0.2) is 5.78 Å². The number of carbonyl (C=O) groups is 4. The second-order valence-electron chi connectivity index (χ2n) is 20.5. The zero-order valence-electron chi connectivity index (χ0n) is 36.4. The van der Waals surface area contributed by atoms with Crippen molar-refractivity contribution in [3.05, 3.63) is 106 Å². The first kappa shape index (κ1) is 40.9. The third kappa shape index (κ3) is 6.61. The lowest BCUT2D eigenvalue weighted by Crippen LogP contribution is -2.50. The molecule has 8 heteroatoms. The topological polar surface area (TPSA) is 113 Å². The number of esters is 2. The molecule has 8 nitrogen and oxygen atoms in total. The van der Waals surface area contributed by atoms with Gasteiger partial charge in [0.05, 0.1) is 11.1 Å². The molecule has 2 aromatic heterocycles. The molecule has 0 spiro atoms. The number of pyridine rings is 2. The Morgan fingerprint density at radius 1 is 0.683 bits per heavy atom. The van der Waals surface area contributed by atoms with Crippen molar-refractivity contribution in [1.82, 2.24) is 9.97 Å². The number of aryl methyl sites for hydroxylation is 2. The van der Waals surface area contributed by atoms with Crippen LogP contribution in [0.15, 0.2) is 84.0 Å². The second kappa shape index (κ2) is 15.2. The summed E-state index contributed by atoms with van der Waals surface area (Å²) in [6.07, 6.45) is 30.0. The summed E-state index contributed by atoms with van der Waals surface area (Å²) in [4.78, 5) is 58.5. The fraction of sp³-hybridized carbons (Fsp3) is 0.577. The Hall–Kier alpha value is -4.46. The first-order chi connectivity index (χ1) is 28.7. The van der Waals surface area contributed by atoms with E-state index in [0.29, 0.717) is 58.7 Å². The Bertz CT molecular complexity index is 2250. The average molecular weight is 811 g/mol. The summed E-state index contributed by atoms with van der Waals surface area (Å²) in [5.74, 6) is 2.87. The van der Waals surface area contributed by atoms with Crippen LogP contribution in [-0.2, 0) is 19.1 Å². The molecule has 60 heavy (non-hydrogen) atoms. The number of ether oxygens (including phenoxy) is 2. The van der Waals surface area contributed by atoms with Crippen LogP contribution < -0.4 is 0 Å². The lowest BCUT2D eigenvalue weighted by atomic mass is 9.48. The van der Waals surface area contributed by atoms with Crippen molar-refractivity contribution < 1.29 is 28.7 Å². The summed E-state index contributed by atoms with van der Waals surface area (Å²) < 4.78 is 11.8. The summed E-state index contributed by atoms with van der Waals surface area (Å²) in [7, 11) is 0. The van der Waals surface area contributed by atoms with Crippen molar-refractivity contribution in [2.75, 3.05) is 0 Å². The predicted octanol–water partition coefficient (Wildman–Crippen LogP) is 10.6. The van der Waals surface area contributed by atoms with Gasteiger partial charge < -0.3 is 9.47 Å². The molecule has 0 unspecified atom stereocenters. The van der Waals surface area contributed by atoms with Crippen LogP contribution >= 0.6 is 0 Å². The molecule has 8 aliphatic carbocycles. The van der Waals surface area contributed by atoms with Crippen molar-refractivity contribution in [3.63, 3.8) is 0 Å². The molecule has 0 N–H and O–H groups in total. The minimum absolute atomic E-state index is 0.0604. The van der Waals surface area contributed by atoms with Crippen LogP contribution in [0.2, 0.25) is 0 Å². The van der Waals surface area contributed by atoms with Crippen molar-refractivity contribution in [2.45, 2.75) is 137 Å². The molecular weight excluding hydrogens is 749 g/mol. The van der Waals surface area contributed by atoms with Gasteiger partial charge in [-0.3, -0.25) is 19.6 Å². The molecule has 0 bridgehead atoms. The van der Waals surface area contributed by atoms with Crippen LogP contribution in [-0.4, -0.2) is 45.7 Å². The summed E-state index contributed by atoms with van der Waals surface area (Å²) >= 11 is 0. The smallest absolute Gasteiger partial charge is 0.340 e. The van der Waals surface area contributed by atoms with Gasteiger partial charge in [-0.2, -0.15) is 0 Å². The largest absolute Gasteiger partial charge is 0.458 e.